The Balaban J connectivity index is 0.00000312. The highest BCUT2D eigenvalue weighted by Crippen LogP contribution is 2.16. The highest BCUT2D eigenvalue weighted by atomic mass is 127. The molecule has 0 aromatic heterocycles. The molecule has 7 heteroatoms. The lowest BCUT2D eigenvalue weighted by atomic mass is 10.2. The summed E-state index contributed by atoms with van der Waals surface area (Å²) in [5, 5.41) is 0. The summed E-state index contributed by atoms with van der Waals surface area (Å²) in [6.07, 6.45) is 2.44. The van der Waals surface area contributed by atoms with Crippen LogP contribution in [-0.2, 0) is 0 Å². The molecular formula is C18H31FIN5. The Morgan fingerprint density at radius 3 is 2.40 bits per heavy atom. The van der Waals surface area contributed by atoms with Crippen molar-refractivity contribution in [2.24, 2.45) is 10.7 Å². The molecule has 0 aliphatic carbocycles. The van der Waals surface area contributed by atoms with Gasteiger partial charge in [-0.15, -0.1) is 24.0 Å². The molecule has 2 N–H and O–H groups in total. The third-order valence-corrected chi connectivity index (χ3v) is 4.44. The number of hydrogen-bond donors (Lipinski definition) is 1. The number of aliphatic imine (C=N–C) groups is 1. The molecule has 0 saturated carbocycles. The van der Waals surface area contributed by atoms with E-state index in [0.29, 0.717) is 5.96 Å². The van der Waals surface area contributed by atoms with Gasteiger partial charge in [0.2, 0.25) is 0 Å². The summed E-state index contributed by atoms with van der Waals surface area (Å²) in [4.78, 5) is 11.2. The van der Waals surface area contributed by atoms with Crippen LogP contribution in [0.15, 0.2) is 29.3 Å². The number of unbranched alkanes of at least 4 members (excludes halogenated alkanes) is 1. The van der Waals surface area contributed by atoms with E-state index in [1.165, 1.54) is 25.0 Å². The molecule has 1 aliphatic heterocycles. The number of halogens is 2. The summed E-state index contributed by atoms with van der Waals surface area (Å²) < 4.78 is 13.0. The number of hydrogen-bond acceptors (Lipinski definition) is 3. The lowest BCUT2D eigenvalue weighted by Gasteiger charge is -2.36. The van der Waals surface area contributed by atoms with Crippen molar-refractivity contribution in [3.63, 3.8) is 0 Å². The fraction of sp³-hybridized carbons (Fsp3) is 0.611. The molecule has 25 heavy (non-hydrogen) atoms. The maximum atomic E-state index is 13.0. The number of nitrogens with two attached hydrogens (primary N) is 1. The van der Waals surface area contributed by atoms with Crippen LogP contribution in [0.25, 0.3) is 0 Å². The summed E-state index contributed by atoms with van der Waals surface area (Å²) >= 11 is 0. The molecule has 142 valence electrons. The maximum absolute atomic E-state index is 13.0. The lowest BCUT2D eigenvalue weighted by Crippen LogP contribution is -2.51. The summed E-state index contributed by atoms with van der Waals surface area (Å²) in [5.74, 6) is 0.440. The molecular weight excluding hydrogens is 432 g/mol. The van der Waals surface area contributed by atoms with Crippen molar-refractivity contribution in [1.29, 1.82) is 0 Å². The number of piperazine rings is 1. The van der Waals surface area contributed by atoms with Crippen LogP contribution in [0.3, 0.4) is 0 Å². The predicted octanol–water partition coefficient (Wildman–Crippen LogP) is 2.61. The fourth-order valence-electron chi connectivity index (χ4n) is 2.82. The summed E-state index contributed by atoms with van der Waals surface area (Å²) in [6, 6.07) is 6.67. The topological polar surface area (TPSA) is 48.1 Å². The van der Waals surface area contributed by atoms with E-state index in [4.69, 9.17) is 5.73 Å². The van der Waals surface area contributed by atoms with Crippen molar-refractivity contribution in [3.8, 4) is 0 Å². The van der Waals surface area contributed by atoms with Gasteiger partial charge in [-0.2, -0.15) is 0 Å². The molecule has 1 saturated heterocycles. The standard InChI is InChI=1S/C18H30FN5.HI/c1-3-4-10-22(2)11-9-21-18(20)24-14-12-23(13-15-24)17-7-5-16(19)6-8-17;/h5-8H,3-4,9-15H2,1-2H3,(H2,20,21);1H. The average Bonchev–Trinajstić information content (AvgIpc) is 2.60. The van der Waals surface area contributed by atoms with Crippen LogP contribution in [0.5, 0.6) is 0 Å². The minimum absolute atomic E-state index is 0. The predicted molar refractivity (Wildman–Crippen MR) is 114 cm³/mol. The molecule has 0 spiro atoms. The number of nitrogens with zero attached hydrogens (tertiary/aromatic N) is 4. The van der Waals surface area contributed by atoms with Crippen molar-refractivity contribution >= 4 is 35.6 Å². The van der Waals surface area contributed by atoms with Crippen LogP contribution >= 0.6 is 24.0 Å². The largest absolute Gasteiger partial charge is 0.370 e. The van der Waals surface area contributed by atoms with Gasteiger partial charge in [0, 0.05) is 38.4 Å². The highest BCUT2D eigenvalue weighted by Gasteiger charge is 2.18. The van der Waals surface area contributed by atoms with Gasteiger partial charge in [-0.05, 0) is 44.3 Å². The van der Waals surface area contributed by atoms with Crippen molar-refractivity contribution in [2.45, 2.75) is 19.8 Å². The van der Waals surface area contributed by atoms with E-state index in [1.807, 2.05) is 12.1 Å². The van der Waals surface area contributed by atoms with E-state index in [2.05, 4.69) is 33.7 Å². The molecule has 0 amide bonds. The summed E-state index contributed by atoms with van der Waals surface area (Å²) in [7, 11) is 2.13. The summed E-state index contributed by atoms with van der Waals surface area (Å²) in [6.45, 7) is 8.44. The Bertz CT molecular complexity index is 515. The van der Waals surface area contributed by atoms with E-state index in [1.54, 1.807) is 0 Å². The van der Waals surface area contributed by atoms with Crippen LogP contribution in [0.1, 0.15) is 19.8 Å². The second-order valence-electron chi connectivity index (χ2n) is 6.35. The minimum Gasteiger partial charge on any atom is -0.370 e. The van der Waals surface area contributed by atoms with E-state index in [-0.39, 0.29) is 29.8 Å². The minimum atomic E-state index is -0.197. The van der Waals surface area contributed by atoms with Crippen molar-refractivity contribution in [2.75, 3.05) is 57.8 Å². The Morgan fingerprint density at radius 1 is 1.16 bits per heavy atom. The normalized spacial score (nSPS) is 15.4. The van der Waals surface area contributed by atoms with Crippen molar-refractivity contribution < 1.29 is 4.39 Å². The van der Waals surface area contributed by atoms with E-state index >= 15 is 0 Å². The first-order chi connectivity index (χ1) is 11.6. The lowest BCUT2D eigenvalue weighted by molar-refractivity contribution is 0.335. The molecule has 0 radical (unpaired) electrons. The van der Waals surface area contributed by atoms with Crippen LogP contribution < -0.4 is 10.6 Å². The number of benzene rings is 1. The third kappa shape index (κ3) is 7.35. The third-order valence-electron chi connectivity index (χ3n) is 4.44. The molecule has 0 unspecified atom stereocenters. The molecule has 1 aromatic carbocycles. The number of rotatable bonds is 7. The first-order valence-electron chi connectivity index (χ1n) is 8.84. The smallest absolute Gasteiger partial charge is 0.191 e. The first-order valence-corrected chi connectivity index (χ1v) is 8.84. The maximum Gasteiger partial charge on any atom is 0.191 e. The van der Waals surface area contributed by atoms with Gasteiger partial charge < -0.3 is 20.4 Å². The van der Waals surface area contributed by atoms with Crippen LogP contribution in [-0.4, -0.2) is 68.6 Å². The van der Waals surface area contributed by atoms with Gasteiger partial charge in [0.25, 0.3) is 0 Å². The monoisotopic (exact) mass is 463 g/mol. The van der Waals surface area contributed by atoms with Crippen LogP contribution in [0.4, 0.5) is 10.1 Å². The highest BCUT2D eigenvalue weighted by molar-refractivity contribution is 14.0. The van der Waals surface area contributed by atoms with Gasteiger partial charge in [-0.1, -0.05) is 13.3 Å². The molecule has 0 atom stereocenters. The van der Waals surface area contributed by atoms with E-state index in [0.717, 1.165) is 51.5 Å². The van der Waals surface area contributed by atoms with Gasteiger partial charge in [-0.3, -0.25) is 4.99 Å². The average molecular weight is 463 g/mol. The van der Waals surface area contributed by atoms with Gasteiger partial charge in [0.15, 0.2) is 5.96 Å². The fourth-order valence-corrected chi connectivity index (χ4v) is 2.82. The molecule has 5 nitrogen and oxygen atoms in total. The quantitative estimate of drug-likeness (QED) is 0.384. The molecule has 1 aromatic rings. The SMILES string of the molecule is CCCCN(C)CCN=C(N)N1CCN(c2ccc(F)cc2)CC1.I. The Labute approximate surface area is 168 Å². The van der Waals surface area contributed by atoms with Crippen LogP contribution in [0.2, 0.25) is 0 Å². The second-order valence-corrected chi connectivity index (χ2v) is 6.35. The number of likely N-dealkylation sites (N-methyl/N-ethyl adjacent to an activating group) is 1. The molecule has 1 aliphatic rings. The van der Waals surface area contributed by atoms with Gasteiger partial charge >= 0.3 is 0 Å². The Hall–Kier alpha value is -1.09. The van der Waals surface area contributed by atoms with E-state index < -0.39 is 0 Å². The summed E-state index contributed by atoms with van der Waals surface area (Å²) in [5.41, 5.74) is 7.19. The Morgan fingerprint density at radius 2 is 1.80 bits per heavy atom. The molecule has 1 fully saturated rings. The van der Waals surface area contributed by atoms with Gasteiger partial charge in [0.1, 0.15) is 5.82 Å². The van der Waals surface area contributed by atoms with E-state index in [9.17, 15) is 4.39 Å². The second kappa shape index (κ2) is 11.5. The van der Waals surface area contributed by atoms with Crippen LogP contribution in [0, 0.1) is 5.82 Å². The van der Waals surface area contributed by atoms with Gasteiger partial charge in [-0.25, -0.2) is 4.39 Å². The van der Waals surface area contributed by atoms with Gasteiger partial charge in [0.05, 0.1) is 6.54 Å². The zero-order valence-corrected chi connectivity index (χ0v) is 17.7. The Kier molecular flexibility index (Phi) is 10.1. The molecule has 0 bridgehead atoms. The number of anilines is 1. The zero-order valence-electron chi connectivity index (χ0n) is 15.3. The first kappa shape index (κ1) is 22.0. The molecule has 2 rings (SSSR count). The van der Waals surface area contributed by atoms with Crippen molar-refractivity contribution in [3.05, 3.63) is 30.1 Å². The molecule has 1 heterocycles. The number of guanidine groups is 1. The van der Waals surface area contributed by atoms with Crippen molar-refractivity contribution in [1.82, 2.24) is 9.80 Å². The zero-order chi connectivity index (χ0) is 17.4.